The zero-order valence-corrected chi connectivity index (χ0v) is 17.5. The lowest BCUT2D eigenvalue weighted by atomic mass is 9.49. The summed E-state index contributed by atoms with van der Waals surface area (Å²) in [6.07, 6.45) is 8.18. The minimum Gasteiger partial charge on any atom is -0.354 e. The van der Waals surface area contributed by atoms with Gasteiger partial charge in [-0.3, -0.25) is 9.59 Å². The molecule has 4 fully saturated rings. The zero-order chi connectivity index (χ0) is 20.4. The molecule has 0 spiro atoms. The van der Waals surface area contributed by atoms with Crippen LogP contribution in [-0.2, 0) is 16.0 Å². The van der Waals surface area contributed by atoms with Crippen LogP contribution in [0, 0.1) is 23.2 Å². The summed E-state index contributed by atoms with van der Waals surface area (Å²) >= 11 is 0. The molecule has 0 aromatic heterocycles. The maximum atomic E-state index is 13.5. The van der Waals surface area contributed by atoms with Crippen molar-refractivity contribution in [2.75, 3.05) is 6.54 Å². The van der Waals surface area contributed by atoms with Gasteiger partial charge in [0.1, 0.15) is 6.04 Å². The van der Waals surface area contributed by atoms with Crippen molar-refractivity contribution >= 4 is 11.8 Å². The molecule has 1 aromatic carbocycles. The summed E-state index contributed by atoms with van der Waals surface area (Å²) in [5, 5.41) is 6.16. The van der Waals surface area contributed by atoms with Crippen molar-refractivity contribution in [3.8, 4) is 0 Å². The van der Waals surface area contributed by atoms with Gasteiger partial charge in [-0.05, 0) is 75.2 Å². The second-order valence-corrected chi connectivity index (χ2v) is 9.97. The fourth-order valence-electron chi connectivity index (χ4n) is 6.31. The summed E-state index contributed by atoms with van der Waals surface area (Å²) in [5.74, 6) is 2.13. The average molecular weight is 398 g/mol. The van der Waals surface area contributed by atoms with Crippen LogP contribution >= 0.6 is 0 Å². The van der Waals surface area contributed by atoms with E-state index in [0.717, 1.165) is 31.2 Å². The Balaban J connectivity index is 1.45. The van der Waals surface area contributed by atoms with Crippen LogP contribution in [0.15, 0.2) is 30.3 Å². The summed E-state index contributed by atoms with van der Waals surface area (Å²) in [7, 11) is 0. The molecule has 0 heterocycles. The third-order valence-corrected chi connectivity index (χ3v) is 7.32. The molecular formula is C24H35N3O2. The van der Waals surface area contributed by atoms with E-state index in [1.165, 1.54) is 19.3 Å². The van der Waals surface area contributed by atoms with E-state index in [1.807, 2.05) is 37.3 Å². The van der Waals surface area contributed by atoms with Crippen LogP contribution in [0.25, 0.3) is 0 Å². The van der Waals surface area contributed by atoms with Gasteiger partial charge in [0.2, 0.25) is 11.8 Å². The number of amides is 2. The van der Waals surface area contributed by atoms with Gasteiger partial charge in [0.15, 0.2) is 0 Å². The first-order chi connectivity index (χ1) is 13.9. The van der Waals surface area contributed by atoms with E-state index in [4.69, 9.17) is 5.73 Å². The number of hydrogen-bond acceptors (Lipinski definition) is 3. The van der Waals surface area contributed by atoms with Crippen molar-refractivity contribution in [1.82, 2.24) is 10.6 Å². The lowest BCUT2D eigenvalue weighted by molar-refractivity contribution is -0.148. The minimum atomic E-state index is -0.536. The van der Waals surface area contributed by atoms with Gasteiger partial charge in [-0.15, -0.1) is 0 Å². The van der Waals surface area contributed by atoms with E-state index in [2.05, 4.69) is 10.6 Å². The maximum absolute atomic E-state index is 13.5. The molecule has 5 heteroatoms. The van der Waals surface area contributed by atoms with Gasteiger partial charge >= 0.3 is 0 Å². The Hall–Kier alpha value is -1.88. The fourth-order valence-corrected chi connectivity index (χ4v) is 6.31. The predicted octanol–water partition coefficient (Wildman–Crippen LogP) is 2.78. The standard InChI is InChI=1S/C24H35N3O2/c1-16(25)7-8-26-22(28)21(12-17-5-3-2-4-6-17)27-23(29)24-13-18-9-19(14-24)11-20(10-18)15-24/h2-6,16,18-21H,7-15,25H2,1H3,(H,26,28)(H,27,29). The fraction of sp³-hybridized carbons (Fsp3) is 0.667. The quantitative estimate of drug-likeness (QED) is 0.631. The summed E-state index contributed by atoms with van der Waals surface area (Å²) < 4.78 is 0. The molecule has 5 nitrogen and oxygen atoms in total. The Labute approximate surface area is 174 Å². The molecule has 4 bridgehead atoms. The molecule has 5 rings (SSSR count). The molecule has 2 amide bonds. The molecule has 29 heavy (non-hydrogen) atoms. The largest absolute Gasteiger partial charge is 0.354 e. The van der Waals surface area contributed by atoms with Crippen LogP contribution in [0.5, 0.6) is 0 Å². The van der Waals surface area contributed by atoms with Gasteiger partial charge in [0.25, 0.3) is 0 Å². The van der Waals surface area contributed by atoms with Gasteiger partial charge in [0, 0.05) is 24.4 Å². The average Bonchev–Trinajstić information content (AvgIpc) is 2.67. The highest BCUT2D eigenvalue weighted by Gasteiger charge is 2.54. The highest BCUT2D eigenvalue weighted by atomic mass is 16.2. The molecule has 0 aliphatic heterocycles. The van der Waals surface area contributed by atoms with E-state index < -0.39 is 6.04 Å². The van der Waals surface area contributed by atoms with Gasteiger partial charge in [-0.2, -0.15) is 0 Å². The lowest BCUT2D eigenvalue weighted by Gasteiger charge is -2.55. The lowest BCUT2D eigenvalue weighted by Crippen LogP contribution is -2.57. The first kappa shape index (κ1) is 20.4. The molecule has 158 valence electrons. The van der Waals surface area contributed by atoms with Gasteiger partial charge in [0.05, 0.1) is 0 Å². The number of benzene rings is 1. The Morgan fingerprint density at radius 2 is 1.66 bits per heavy atom. The molecule has 1 aromatic rings. The smallest absolute Gasteiger partial charge is 0.242 e. The normalized spacial score (nSPS) is 31.9. The number of carbonyl (C=O) groups excluding carboxylic acids is 2. The van der Waals surface area contributed by atoms with Crippen LogP contribution in [-0.4, -0.2) is 30.4 Å². The first-order valence-corrected chi connectivity index (χ1v) is 11.3. The van der Waals surface area contributed by atoms with Crippen LogP contribution in [0.2, 0.25) is 0 Å². The Morgan fingerprint density at radius 1 is 1.07 bits per heavy atom. The molecule has 4 N–H and O–H groups in total. The van der Waals surface area contributed by atoms with Gasteiger partial charge < -0.3 is 16.4 Å². The summed E-state index contributed by atoms with van der Waals surface area (Å²) in [6.45, 7) is 2.47. The number of rotatable bonds is 8. The highest BCUT2D eigenvalue weighted by molar-refractivity contribution is 5.90. The zero-order valence-electron chi connectivity index (χ0n) is 17.5. The van der Waals surface area contributed by atoms with E-state index in [0.29, 0.717) is 30.7 Å². The number of carbonyl (C=O) groups is 2. The van der Waals surface area contributed by atoms with Crippen LogP contribution in [0.1, 0.15) is 57.4 Å². The molecular weight excluding hydrogens is 362 g/mol. The van der Waals surface area contributed by atoms with Crippen molar-refractivity contribution in [2.45, 2.75) is 70.4 Å². The van der Waals surface area contributed by atoms with E-state index >= 15 is 0 Å². The van der Waals surface area contributed by atoms with Crippen molar-refractivity contribution in [3.63, 3.8) is 0 Å². The summed E-state index contributed by atoms with van der Waals surface area (Å²) in [4.78, 5) is 26.4. The Kier molecular flexibility index (Phi) is 5.95. The molecule has 0 radical (unpaired) electrons. The third kappa shape index (κ3) is 4.66. The van der Waals surface area contributed by atoms with Crippen molar-refractivity contribution < 1.29 is 9.59 Å². The Bertz CT molecular complexity index is 696. The summed E-state index contributed by atoms with van der Waals surface area (Å²) in [5.41, 5.74) is 6.63. The van der Waals surface area contributed by atoms with Crippen molar-refractivity contribution in [1.29, 1.82) is 0 Å². The van der Waals surface area contributed by atoms with E-state index in [9.17, 15) is 9.59 Å². The van der Waals surface area contributed by atoms with Gasteiger partial charge in [-0.25, -0.2) is 0 Å². The Morgan fingerprint density at radius 3 is 2.21 bits per heavy atom. The molecule has 2 atom stereocenters. The predicted molar refractivity (Wildman–Crippen MR) is 114 cm³/mol. The van der Waals surface area contributed by atoms with E-state index in [1.54, 1.807) is 0 Å². The third-order valence-electron chi connectivity index (χ3n) is 7.32. The minimum absolute atomic E-state index is 0.0458. The second-order valence-electron chi connectivity index (χ2n) is 9.97. The SMILES string of the molecule is CC(N)CCNC(=O)C(Cc1ccccc1)NC(=O)C12CC3CC(CC(C3)C1)C2. The monoisotopic (exact) mass is 397 g/mol. The topological polar surface area (TPSA) is 84.2 Å². The van der Waals surface area contributed by atoms with Crippen molar-refractivity contribution in [3.05, 3.63) is 35.9 Å². The molecule has 4 saturated carbocycles. The molecule has 2 unspecified atom stereocenters. The number of nitrogens with one attached hydrogen (secondary N) is 2. The molecule has 4 aliphatic carbocycles. The first-order valence-electron chi connectivity index (χ1n) is 11.3. The number of nitrogens with two attached hydrogens (primary N) is 1. The molecule has 0 saturated heterocycles. The van der Waals surface area contributed by atoms with Gasteiger partial charge in [-0.1, -0.05) is 30.3 Å². The van der Waals surface area contributed by atoms with Crippen LogP contribution < -0.4 is 16.4 Å². The van der Waals surface area contributed by atoms with Crippen LogP contribution in [0.4, 0.5) is 0 Å². The van der Waals surface area contributed by atoms with E-state index in [-0.39, 0.29) is 23.3 Å². The second kappa shape index (κ2) is 8.47. The highest BCUT2D eigenvalue weighted by Crippen LogP contribution is 2.60. The van der Waals surface area contributed by atoms with Crippen molar-refractivity contribution in [2.24, 2.45) is 28.9 Å². The summed E-state index contributed by atoms with van der Waals surface area (Å²) in [6, 6.07) is 9.45. The van der Waals surface area contributed by atoms with Crippen LogP contribution in [0.3, 0.4) is 0 Å². The number of hydrogen-bond donors (Lipinski definition) is 3. The maximum Gasteiger partial charge on any atom is 0.242 e. The molecule has 4 aliphatic rings.